The Morgan fingerprint density at radius 2 is 1.54 bits per heavy atom. The van der Waals surface area contributed by atoms with Gasteiger partial charge in [-0.15, -0.1) is 0 Å². The van der Waals surface area contributed by atoms with Crippen molar-refractivity contribution in [1.29, 1.82) is 0 Å². The van der Waals surface area contributed by atoms with E-state index in [-0.39, 0.29) is 31.2 Å². The maximum Gasteiger partial charge on any atom is 0.226 e. The van der Waals surface area contributed by atoms with E-state index < -0.39 is 5.91 Å². The quantitative estimate of drug-likeness (QED) is 0.306. The van der Waals surface area contributed by atoms with Gasteiger partial charge >= 0.3 is 0 Å². The first-order valence-corrected chi connectivity index (χ1v) is 9.30. The molecule has 0 saturated carbocycles. The molecule has 28 heavy (non-hydrogen) atoms. The number of carbonyl (C=O) groups excluding carboxylic acids is 3. The summed E-state index contributed by atoms with van der Waals surface area (Å²) in [5.41, 5.74) is 12.0. The van der Waals surface area contributed by atoms with E-state index in [9.17, 15) is 14.4 Å². The molecule has 156 valence electrons. The van der Waals surface area contributed by atoms with Crippen LogP contribution < -0.4 is 22.1 Å². The molecule has 0 fully saturated rings. The van der Waals surface area contributed by atoms with Gasteiger partial charge in [0.05, 0.1) is 32.8 Å². The zero-order chi connectivity index (χ0) is 20.6. The zero-order valence-electron chi connectivity index (χ0n) is 16.1. The number of ether oxygens (including phenoxy) is 2. The highest BCUT2D eigenvalue weighted by atomic mass is 16.5. The molecule has 3 amide bonds. The van der Waals surface area contributed by atoms with Crippen LogP contribution in [0, 0.1) is 0 Å². The topological polar surface area (TPSA) is 146 Å². The van der Waals surface area contributed by atoms with Crippen molar-refractivity contribution in [2.45, 2.75) is 25.7 Å². The molecule has 1 aromatic rings. The minimum atomic E-state index is -0.443. The Hall–Kier alpha value is -2.49. The molecule has 6 N–H and O–H groups in total. The number of anilines is 1. The Bertz CT molecular complexity index is 607. The van der Waals surface area contributed by atoms with Crippen LogP contribution in [0.1, 0.15) is 24.8 Å². The molecule has 0 aliphatic rings. The summed E-state index contributed by atoms with van der Waals surface area (Å²) in [5.74, 6) is -0.711. The zero-order valence-corrected chi connectivity index (χ0v) is 16.1. The third-order valence-corrected chi connectivity index (χ3v) is 3.68. The van der Waals surface area contributed by atoms with Gasteiger partial charge < -0.3 is 31.6 Å². The molecule has 9 nitrogen and oxygen atoms in total. The molecule has 0 unspecified atom stereocenters. The molecule has 0 radical (unpaired) electrons. The molecule has 0 aliphatic carbocycles. The van der Waals surface area contributed by atoms with Gasteiger partial charge in [-0.05, 0) is 24.1 Å². The summed E-state index contributed by atoms with van der Waals surface area (Å²) in [6.07, 6.45) is 1.27. The van der Waals surface area contributed by atoms with Crippen LogP contribution in [0.15, 0.2) is 24.3 Å². The molecule has 0 heterocycles. The molecule has 9 heteroatoms. The Balaban J connectivity index is 2.19. The van der Waals surface area contributed by atoms with Gasteiger partial charge in [0.15, 0.2) is 0 Å². The highest BCUT2D eigenvalue weighted by Gasteiger charge is 2.05. The average Bonchev–Trinajstić information content (AvgIpc) is 2.66. The lowest BCUT2D eigenvalue weighted by Gasteiger charge is -2.08. The van der Waals surface area contributed by atoms with Crippen molar-refractivity contribution in [2.24, 2.45) is 11.5 Å². The van der Waals surface area contributed by atoms with Gasteiger partial charge in [0.2, 0.25) is 17.7 Å². The number of nitrogens with two attached hydrogens (primary N) is 2. The molecule has 0 bridgehead atoms. The number of aryl methyl sites for hydroxylation is 1. The highest BCUT2D eigenvalue weighted by molar-refractivity contribution is 5.90. The van der Waals surface area contributed by atoms with Crippen LogP contribution in [0.2, 0.25) is 0 Å². The van der Waals surface area contributed by atoms with E-state index in [1.165, 1.54) is 0 Å². The molecule has 0 aliphatic heterocycles. The lowest BCUT2D eigenvalue weighted by atomic mass is 10.1. The molecule has 0 atom stereocenters. The van der Waals surface area contributed by atoms with Gasteiger partial charge in [0.1, 0.15) is 0 Å². The van der Waals surface area contributed by atoms with Gasteiger partial charge in [-0.2, -0.15) is 0 Å². The van der Waals surface area contributed by atoms with Gasteiger partial charge in [-0.25, -0.2) is 0 Å². The third kappa shape index (κ3) is 12.0. The summed E-state index contributed by atoms with van der Waals surface area (Å²) in [7, 11) is 0. The van der Waals surface area contributed by atoms with Crippen molar-refractivity contribution in [1.82, 2.24) is 5.32 Å². The first-order chi connectivity index (χ1) is 13.5. The SMILES string of the molecule is NCCOCCOCCC(=O)Nc1ccc(CCC(=O)NCCC(N)=O)cc1. The molecule has 0 saturated heterocycles. The van der Waals surface area contributed by atoms with Crippen LogP contribution in [0.25, 0.3) is 0 Å². The van der Waals surface area contributed by atoms with Crippen molar-refractivity contribution in [3.05, 3.63) is 29.8 Å². The van der Waals surface area contributed by atoms with E-state index in [1.54, 1.807) is 12.1 Å². The minimum Gasteiger partial charge on any atom is -0.379 e. The third-order valence-electron chi connectivity index (χ3n) is 3.68. The van der Waals surface area contributed by atoms with Gasteiger partial charge in [0, 0.05) is 31.6 Å². The Morgan fingerprint density at radius 3 is 2.18 bits per heavy atom. The van der Waals surface area contributed by atoms with E-state index in [0.717, 1.165) is 5.56 Å². The van der Waals surface area contributed by atoms with Crippen LogP contribution in [-0.4, -0.2) is 57.2 Å². The van der Waals surface area contributed by atoms with Gasteiger partial charge in [-0.1, -0.05) is 12.1 Å². The summed E-state index contributed by atoms with van der Waals surface area (Å²) in [6.45, 7) is 2.44. The normalized spacial score (nSPS) is 10.5. The van der Waals surface area contributed by atoms with Crippen molar-refractivity contribution in [3.63, 3.8) is 0 Å². The van der Waals surface area contributed by atoms with Crippen molar-refractivity contribution >= 4 is 23.4 Å². The van der Waals surface area contributed by atoms with E-state index in [1.807, 2.05) is 12.1 Å². The summed E-state index contributed by atoms with van der Waals surface area (Å²) in [5, 5.41) is 5.43. The number of primary amides is 1. The second-order valence-electron chi connectivity index (χ2n) is 6.07. The van der Waals surface area contributed by atoms with Crippen molar-refractivity contribution < 1.29 is 23.9 Å². The van der Waals surface area contributed by atoms with E-state index in [2.05, 4.69) is 10.6 Å². The lowest BCUT2D eigenvalue weighted by molar-refractivity contribution is -0.121. The number of nitrogens with one attached hydrogen (secondary N) is 2. The van der Waals surface area contributed by atoms with Crippen LogP contribution in [0.3, 0.4) is 0 Å². The van der Waals surface area contributed by atoms with E-state index in [0.29, 0.717) is 51.5 Å². The standard InChI is InChI=1S/C19H30N4O5/c20-9-12-28-14-13-27-11-8-19(26)23-16-4-1-15(2-5-16)3-6-18(25)22-10-7-17(21)24/h1-2,4-5H,3,6-14,20H2,(H2,21,24)(H,22,25)(H,23,26). The fourth-order valence-corrected chi connectivity index (χ4v) is 2.22. The molecular formula is C19H30N4O5. The van der Waals surface area contributed by atoms with Crippen molar-refractivity contribution in [2.75, 3.05) is 44.8 Å². The maximum absolute atomic E-state index is 11.9. The maximum atomic E-state index is 11.9. The number of hydrogen-bond donors (Lipinski definition) is 4. The lowest BCUT2D eigenvalue weighted by Crippen LogP contribution is -2.27. The second kappa shape index (κ2) is 14.6. The van der Waals surface area contributed by atoms with Crippen LogP contribution in [-0.2, 0) is 30.3 Å². The Morgan fingerprint density at radius 1 is 0.857 bits per heavy atom. The van der Waals surface area contributed by atoms with Crippen molar-refractivity contribution in [3.8, 4) is 0 Å². The summed E-state index contributed by atoms with van der Waals surface area (Å²) >= 11 is 0. The average molecular weight is 394 g/mol. The fourth-order valence-electron chi connectivity index (χ4n) is 2.22. The number of amides is 3. The highest BCUT2D eigenvalue weighted by Crippen LogP contribution is 2.11. The molecule has 1 aromatic carbocycles. The first kappa shape index (κ1) is 23.5. The van der Waals surface area contributed by atoms with Crippen LogP contribution in [0.4, 0.5) is 5.69 Å². The number of benzene rings is 1. The predicted molar refractivity (Wildman–Crippen MR) is 106 cm³/mol. The Kier molecular flexibility index (Phi) is 12.2. The van der Waals surface area contributed by atoms with E-state index >= 15 is 0 Å². The largest absolute Gasteiger partial charge is 0.379 e. The monoisotopic (exact) mass is 394 g/mol. The van der Waals surface area contributed by atoms with Crippen LogP contribution in [0.5, 0.6) is 0 Å². The van der Waals surface area contributed by atoms with E-state index in [4.69, 9.17) is 20.9 Å². The summed E-state index contributed by atoms with van der Waals surface area (Å²) in [4.78, 5) is 34.2. The van der Waals surface area contributed by atoms with Crippen LogP contribution >= 0.6 is 0 Å². The smallest absolute Gasteiger partial charge is 0.226 e. The predicted octanol–water partition coefficient (Wildman–Crippen LogP) is -0.0687. The molecule has 0 spiro atoms. The number of carbonyl (C=O) groups is 3. The van der Waals surface area contributed by atoms with Gasteiger partial charge in [0.25, 0.3) is 0 Å². The molecular weight excluding hydrogens is 364 g/mol. The number of rotatable bonds is 15. The molecule has 1 rings (SSSR count). The Labute approximate surface area is 165 Å². The fraction of sp³-hybridized carbons (Fsp3) is 0.526. The minimum absolute atomic E-state index is 0.132. The second-order valence-corrected chi connectivity index (χ2v) is 6.07. The van der Waals surface area contributed by atoms with Gasteiger partial charge in [-0.3, -0.25) is 14.4 Å². The summed E-state index contributed by atoms with van der Waals surface area (Å²) in [6, 6.07) is 7.30. The first-order valence-electron chi connectivity index (χ1n) is 9.30. The molecule has 0 aromatic heterocycles. The summed E-state index contributed by atoms with van der Waals surface area (Å²) < 4.78 is 10.5. The number of hydrogen-bond acceptors (Lipinski definition) is 6.